The molecular weight excluding hydrogens is 220 g/mol. The second kappa shape index (κ2) is 4.21. The molecule has 5 heteroatoms. The fourth-order valence-electron chi connectivity index (χ4n) is 1.59. The minimum Gasteiger partial charge on any atom is -0.478 e. The summed E-state index contributed by atoms with van der Waals surface area (Å²) in [5.41, 5.74) is 1.88. The molecule has 86 valence electrons. The first-order valence-corrected chi connectivity index (χ1v) is 4.97. The smallest absolute Gasteiger partial charge is 0.345 e. The van der Waals surface area contributed by atoms with Gasteiger partial charge in [0.25, 0.3) is 0 Å². The van der Waals surface area contributed by atoms with E-state index in [-0.39, 0.29) is 5.56 Å². The van der Waals surface area contributed by atoms with Gasteiger partial charge in [-0.2, -0.15) is 0 Å². The number of aromatic nitrogens is 2. The van der Waals surface area contributed by atoms with Crippen molar-refractivity contribution < 1.29 is 9.90 Å². The lowest BCUT2D eigenvalue weighted by Crippen LogP contribution is -2.11. The molecule has 0 aliphatic carbocycles. The molecule has 5 nitrogen and oxygen atoms in total. The van der Waals surface area contributed by atoms with E-state index in [0.29, 0.717) is 16.8 Å². The van der Waals surface area contributed by atoms with E-state index in [1.54, 1.807) is 25.1 Å². The first-order chi connectivity index (χ1) is 8.08. The molecule has 2 rings (SSSR count). The number of carboxylic acids is 1. The summed E-state index contributed by atoms with van der Waals surface area (Å²) in [4.78, 5) is 28.0. The predicted molar refractivity (Wildman–Crippen MR) is 62.0 cm³/mol. The number of H-pyrrole nitrogens is 1. The number of nitrogens with zero attached hydrogens (tertiary/aromatic N) is 1. The molecule has 2 aromatic rings. The zero-order valence-electron chi connectivity index (χ0n) is 9.10. The van der Waals surface area contributed by atoms with Gasteiger partial charge < -0.3 is 10.1 Å². The minimum atomic E-state index is -0.984. The van der Waals surface area contributed by atoms with Crippen LogP contribution in [0.4, 0.5) is 0 Å². The first kappa shape index (κ1) is 11.1. The number of rotatable bonds is 2. The number of carbonyl (C=O) groups is 1. The van der Waals surface area contributed by atoms with E-state index in [2.05, 4.69) is 9.97 Å². The average molecular weight is 230 g/mol. The van der Waals surface area contributed by atoms with Crippen molar-refractivity contribution in [3.8, 4) is 11.1 Å². The molecule has 0 atom stereocenters. The number of benzene rings is 1. The van der Waals surface area contributed by atoms with Crippen molar-refractivity contribution in [2.24, 2.45) is 0 Å². The standard InChI is InChI=1S/C12H10N2O3/c1-7-10(6-13-12(17)14-7)8-3-2-4-9(5-8)11(15)16/h2-6H,1H3,(H,15,16)(H,13,14,17). The molecule has 0 spiro atoms. The molecule has 1 heterocycles. The average Bonchev–Trinajstić information content (AvgIpc) is 2.29. The molecule has 17 heavy (non-hydrogen) atoms. The lowest BCUT2D eigenvalue weighted by Gasteiger charge is -2.05. The van der Waals surface area contributed by atoms with E-state index < -0.39 is 11.7 Å². The number of hydrogen-bond acceptors (Lipinski definition) is 3. The highest BCUT2D eigenvalue weighted by molar-refractivity contribution is 5.89. The van der Waals surface area contributed by atoms with Gasteiger partial charge in [0.2, 0.25) is 0 Å². The zero-order valence-corrected chi connectivity index (χ0v) is 9.10. The van der Waals surface area contributed by atoms with E-state index in [0.717, 1.165) is 0 Å². The highest BCUT2D eigenvalue weighted by atomic mass is 16.4. The monoisotopic (exact) mass is 230 g/mol. The van der Waals surface area contributed by atoms with Crippen LogP contribution in [0.3, 0.4) is 0 Å². The van der Waals surface area contributed by atoms with Gasteiger partial charge in [0.1, 0.15) is 0 Å². The molecule has 1 aromatic carbocycles. The zero-order chi connectivity index (χ0) is 12.4. The molecule has 0 radical (unpaired) electrons. The second-order valence-corrected chi connectivity index (χ2v) is 3.61. The summed E-state index contributed by atoms with van der Waals surface area (Å²) < 4.78 is 0. The van der Waals surface area contributed by atoms with Crippen LogP contribution in [0.15, 0.2) is 35.3 Å². The van der Waals surface area contributed by atoms with Crippen LogP contribution >= 0.6 is 0 Å². The van der Waals surface area contributed by atoms with E-state index in [1.807, 2.05) is 0 Å². The Bertz CT molecular complexity index is 632. The van der Waals surface area contributed by atoms with Crippen molar-refractivity contribution in [1.82, 2.24) is 9.97 Å². The Kier molecular flexibility index (Phi) is 2.74. The van der Waals surface area contributed by atoms with Crippen molar-refractivity contribution in [3.63, 3.8) is 0 Å². The Morgan fingerprint density at radius 3 is 2.82 bits per heavy atom. The number of hydrogen-bond donors (Lipinski definition) is 2. The fraction of sp³-hybridized carbons (Fsp3) is 0.0833. The van der Waals surface area contributed by atoms with Crippen LogP contribution in [0, 0.1) is 6.92 Å². The Balaban J connectivity index is 2.56. The highest BCUT2D eigenvalue weighted by Gasteiger charge is 2.07. The minimum absolute atomic E-state index is 0.202. The molecule has 0 saturated carbocycles. The van der Waals surface area contributed by atoms with Gasteiger partial charge in [0.15, 0.2) is 0 Å². The molecular formula is C12H10N2O3. The molecule has 0 bridgehead atoms. The Morgan fingerprint density at radius 2 is 2.18 bits per heavy atom. The molecule has 0 fully saturated rings. The van der Waals surface area contributed by atoms with Crippen molar-refractivity contribution >= 4 is 5.97 Å². The largest absolute Gasteiger partial charge is 0.478 e. The van der Waals surface area contributed by atoms with E-state index in [9.17, 15) is 9.59 Å². The molecule has 0 amide bonds. The van der Waals surface area contributed by atoms with Gasteiger partial charge in [-0.3, -0.25) is 0 Å². The summed E-state index contributed by atoms with van der Waals surface area (Å²) in [6.45, 7) is 1.74. The summed E-state index contributed by atoms with van der Waals surface area (Å²) in [7, 11) is 0. The lowest BCUT2D eigenvalue weighted by atomic mass is 10.0. The van der Waals surface area contributed by atoms with Crippen LogP contribution in [0.1, 0.15) is 16.1 Å². The van der Waals surface area contributed by atoms with Crippen LogP contribution in [-0.4, -0.2) is 21.0 Å². The fourth-order valence-corrected chi connectivity index (χ4v) is 1.59. The van der Waals surface area contributed by atoms with Crippen LogP contribution in [0.25, 0.3) is 11.1 Å². The molecule has 1 aromatic heterocycles. The molecule has 2 N–H and O–H groups in total. The SMILES string of the molecule is Cc1[nH]c(=O)ncc1-c1cccc(C(=O)O)c1. The quantitative estimate of drug-likeness (QED) is 0.817. The van der Waals surface area contributed by atoms with E-state index in [1.165, 1.54) is 12.3 Å². The van der Waals surface area contributed by atoms with E-state index >= 15 is 0 Å². The van der Waals surface area contributed by atoms with Crippen LogP contribution in [0.2, 0.25) is 0 Å². The summed E-state index contributed by atoms with van der Waals surface area (Å²) in [6.07, 6.45) is 1.44. The first-order valence-electron chi connectivity index (χ1n) is 4.97. The number of carboxylic acid groups (broad SMARTS) is 1. The molecule has 0 saturated heterocycles. The Hall–Kier alpha value is -2.43. The third kappa shape index (κ3) is 2.23. The van der Waals surface area contributed by atoms with Gasteiger partial charge in [-0.15, -0.1) is 0 Å². The maximum absolute atomic E-state index is 11.0. The van der Waals surface area contributed by atoms with Crippen LogP contribution in [-0.2, 0) is 0 Å². The van der Waals surface area contributed by atoms with Gasteiger partial charge in [0.05, 0.1) is 5.56 Å². The van der Waals surface area contributed by atoms with E-state index in [4.69, 9.17) is 5.11 Å². The van der Waals surface area contributed by atoms with Gasteiger partial charge in [-0.05, 0) is 24.6 Å². The molecule has 0 aliphatic rings. The van der Waals surface area contributed by atoms with Gasteiger partial charge in [-0.25, -0.2) is 14.6 Å². The number of aromatic carboxylic acids is 1. The van der Waals surface area contributed by atoms with Crippen molar-refractivity contribution in [1.29, 1.82) is 0 Å². The maximum Gasteiger partial charge on any atom is 0.345 e. The topological polar surface area (TPSA) is 83.0 Å². The van der Waals surface area contributed by atoms with Crippen molar-refractivity contribution in [2.75, 3.05) is 0 Å². The third-order valence-corrected chi connectivity index (χ3v) is 2.43. The van der Waals surface area contributed by atoms with Gasteiger partial charge >= 0.3 is 11.7 Å². The Labute approximate surface area is 96.8 Å². The lowest BCUT2D eigenvalue weighted by molar-refractivity contribution is 0.0697. The molecule has 0 aliphatic heterocycles. The summed E-state index contributed by atoms with van der Waals surface area (Å²) in [5.74, 6) is -0.984. The maximum atomic E-state index is 11.0. The highest BCUT2D eigenvalue weighted by Crippen LogP contribution is 2.21. The summed E-state index contributed by atoms with van der Waals surface area (Å²) >= 11 is 0. The van der Waals surface area contributed by atoms with Gasteiger partial charge in [0, 0.05) is 17.5 Å². The summed E-state index contributed by atoms with van der Waals surface area (Å²) in [5, 5.41) is 8.90. The van der Waals surface area contributed by atoms with Crippen molar-refractivity contribution in [2.45, 2.75) is 6.92 Å². The normalized spacial score (nSPS) is 10.2. The summed E-state index contributed by atoms with van der Waals surface area (Å²) in [6, 6.07) is 6.49. The third-order valence-electron chi connectivity index (χ3n) is 2.43. The van der Waals surface area contributed by atoms with Crippen LogP contribution < -0.4 is 5.69 Å². The molecule has 0 unspecified atom stereocenters. The number of aryl methyl sites for hydroxylation is 1. The van der Waals surface area contributed by atoms with Gasteiger partial charge in [-0.1, -0.05) is 12.1 Å². The van der Waals surface area contributed by atoms with Crippen molar-refractivity contribution in [3.05, 3.63) is 52.2 Å². The number of aromatic amines is 1. The second-order valence-electron chi connectivity index (χ2n) is 3.61. The van der Waals surface area contributed by atoms with Crippen LogP contribution in [0.5, 0.6) is 0 Å². The number of nitrogens with one attached hydrogen (secondary N) is 1. The Morgan fingerprint density at radius 1 is 1.41 bits per heavy atom. The predicted octanol–water partition coefficient (Wildman–Crippen LogP) is 1.44.